The van der Waals surface area contributed by atoms with Gasteiger partial charge in [-0.25, -0.2) is 0 Å². The van der Waals surface area contributed by atoms with E-state index in [9.17, 15) is 0 Å². The molecule has 4 nitrogen and oxygen atoms in total. The third-order valence-electron chi connectivity index (χ3n) is 3.56. The molecule has 1 aromatic heterocycles. The average Bonchev–Trinajstić information content (AvgIpc) is 2.81. The van der Waals surface area contributed by atoms with Crippen molar-refractivity contribution in [3.8, 4) is 0 Å². The monoisotopic (exact) mass is 281 g/mol. The van der Waals surface area contributed by atoms with E-state index in [1.807, 2.05) is 11.7 Å². The summed E-state index contributed by atoms with van der Waals surface area (Å²) >= 11 is 0. The zero-order valence-electron chi connectivity index (χ0n) is 14.1. The largest absolute Gasteiger partial charge is 0.376 e. The van der Waals surface area contributed by atoms with E-state index in [4.69, 9.17) is 4.74 Å². The third-order valence-corrected chi connectivity index (χ3v) is 3.56. The molecule has 0 fully saturated rings. The molecule has 1 rings (SSSR count). The molecule has 0 aliphatic heterocycles. The summed E-state index contributed by atoms with van der Waals surface area (Å²) in [6, 6.07) is 2.78. The van der Waals surface area contributed by atoms with E-state index in [-0.39, 0.29) is 17.6 Å². The van der Waals surface area contributed by atoms with Gasteiger partial charge in [0.15, 0.2) is 0 Å². The Hall–Kier alpha value is -0.870. The van der Waals surface area contributed by atoms with Gasteiger partial charge < -0.3 is 10.1 Å². The van der Waals surface area contributed by atoms with Gasteiger partial charge in [-0.3, -0.25) is 4.68 Å². The average molecular weight is 281 g/mol. The van der Waals surface area contributed by atoms with E-state index >= 15 is 0 Å². The van der Waals surface area contributed by atoms with Gasteiger partial charge in [-0.15, -0.1) is 0 Å². The Balaban J connectivity index is 2.82. The molecule has 20 heavy (non-hydrogen) atoms. The molecule has 0 radical (unpaired) electrons. The summed E-state index contributed by atoms with van der Waals surface area (Å²) < 4.78 is 8.00. The summed E-state index contributed by atoms with van der Waals surface area (Å²) in [5.41, 5.74) is 1.22. The van der Waals surface area contributed by atoms with E-state index in [2.05, 4.69) is 64.2 Å². The first-order valence-electron chi connectivity index (χ1n) is 7.62. The molecule has 1 aromatic rings. The summed E-state index contributed by atoms with van der Waals surface area (Å²) in [5, 5.41) is 8.05. The first-order valence-corrected chi connectivity index (χ1v) is 7.62. The second-order valence-electron chi connectivity index (χ2n) is 6.72. The van der Waals surface area contributed by atoms with E-state index in [1.54, 1.807) is 0 Å². The van der Waals surface area contributed by atoms with Crippen LogP contribution in [0.3, 0.4) is 0 Å². The third kappa shape index (κ3) is 4.60. The normalized spacial score (nSPS) is 15.6. The fourth-order valence-electron chi connectivity index (χ4n) is 2.51. The van der Waals surface area contributed by atoms with Crippen LogP contribution in [0.5, 0.6) is 0 Å². The molecular formula is C16H31N3O. The molecule has 116 valence electrons. The van der Waals surface area contributed by atoms with Crippen LogP contribution in [-0.2, 0) is 11.2 Å². The summed E-state index contributed by atoms with van der Waals surface area (Å²) in [7, 11) is 2.00. The highest BCUT2D eigenvalue weighted by molar-refractivity contribution is 5.04. The lowest BCUT2D eigenvalue weighted by Crippen LogP contribution is -2.48. The molecule has 0 aliphatic carbocycles. The number of ether oxygens (including phenoxy) is 1. The lowest BCUT2D eigenvalue weighted by atomic mass is 9.83. The molecular weight excluding hydrogens is 250 g/mol. The standard InChI is InChI=1S/C16H31N3O/c1-8-20-15(16(4,5)6)14(17-7)11-13-9-10-19(18-13)12(2)3/h9-10,12,14-15,17H,8,11H2,1-7H3. The molecule has 0 aliphatic rings. The van der Waals surface area contributed by atoms with Crippen molar-refractivity contribution in [2.24, 2.45) is 5.41 Å². The van der Waals surface area contributed by atoms with Gasteiger partial charge in [0.1, 0.15) is 0 Å². The molecule has 0 spiro atoms. The van der Waals surface area contributed by atoms with E-state index < -0.39 is 0 Å². The molecule has 0 saturated heterocycles. The summed E-state index contributed by atoms with van der Waals surface area (Å²) in [6.07, 6.45) is 3.11. The van der Waals surface area contributed by atoms with E-state index in [0.29, 0.717) is 6.04 Å². The van der Waals surface area contributed by atoms with Crippen LogP contribution in [0.4, 0.5) is 0 Å². The molecule has 1 N–H and O–H groups in total. The topological polar surface area (TPSA) is 39.1 Å². The predicted molar refractivity (Wildman–Crippen MR) is 84.0 cm³/mol. The van der Waals surface area contributed by atoms with Crippen molar-refractivity contribution in [2.75, 3.05) is 13.7 Å². The van der Waals surface area contributed by atoms with Gasteiger partial charge in [-0.05, 0) is 39.3 Å². The van der Waals surface area contributed by atoms with Crippen molar-refractivity contribution in [3.05, 3.63) is 18.0 Å². The fourth-order valence-corrected chi connectivity index (χ4v) is 2.51. The van der Waals surface area contributed by atoms with Gasteiger partial charge in [0.2, 0.25) is 0 Å². The van der Waals surface area contributed by atoms with Gasteiger partial charge in [-0.1, -0.05) is 20.8 Å². The minimum atomic E-state index is 0.101. The Bertz CT molecular complexity index is 393. The van der Waals surface area contributed by atoms with Crippen LogP contribution in [-0.4, -0.2) is 35.6 Å². The second-order valence-corrected chi connectivity index (χ2v) is 6.72. The molecule has 2 atom stereocenters. The Morgan fingerprint density at radius 3 is 2.40 bits per heavy atom. The van der Waals surface area contributed by atoms with Crippen molar-refractivity contribution >= 4 is 0 Å². The molecule has 0 bridgehead atoms. The van der Waals surface area contributed by atoms with E-state index in [0.717, 1.165) is 18.7 Å². The number of nitrogens with zero attached hydrogens (tertiary/aromatic N) is 2. The molecule has 4 heteroatoms. The van der Waals surface area contributed by atoms with Gasteiger partial charge >= 0.3 is 0 Å². The smallest absolute Gasteiger partial charge is 0.0779 e. The maximum absolute atomic E-state index is 5.99. The fraction of sp³-hybridized carbons (Fsp3) is 0.812. The zero-order chi connectivity index (χ0) is 15.3. The SMILES string of the molecule is CCOC(C(Cc1ccn(C(C)C)n1)NC)C(C)(C)C. The highest BCUT2D eigenvalue weighted by Gasteiger charge is 2.32. The van der Waals surface area contributed by atoms with Crippen LogP contribution in [0.25, 0.3) is 0 Å². The highest BCUT2D eigenvalue weighted by Crippen LogP contribution is 2.26. The van der Waals surface area contributed by atoms with Crippen LogP contribution < -0.4 is 5.32 Å². The van der Waals surface area contributed by atoms with Crippen LogP contribution in [0.1, 0.15) is 53.3 Å². The molecule has 0 amide bonds. The van der Waals surface area contributed by atoms with Gasteiger partial charge in [0.05, 0.1) is 11.8 Å². The molecule has 1 heterocycles. The van der Waals surface area contributed by atoms with Crippen molar-refractivity contribution in [1.82, 2.24) is 15.1 Å². The minimum Gasteiger partial charge on any atom is -0.376 e. The quantitative estimate of drug-likeness (QED) is 0.835. The molecule has 0 saturated carbocycles. The summed E-state index contributed by atoms with van der Waals surface area (Å²) in [4.78, 5) is 0. The highest BCUT2D eigenvalue weighted by atomic mass is 16.5. The first kappa shape index (κ1) is 17.2. The van der Waals surface area contributed by atoms with Crippen LogP contribution in [0.15, 0.2) is 12.3 Å². The Labute approximate surface area is 123 Å². The Morgan fingerprint density at radius 1 is 1.35 bits per heavy atom. The Kier molecular flexibility index (Phi) is 6.21. The van der Waals surface area contributed by atoms with E-state index in [1.165, 1.54) is 0 Å². The number of hydrogen-bond donors (Lipinski definition) is 1. The van der Waals surface area contributed by atoms with Gasteiger partial charge in [0.25, 0.3) is 0 Å². The first-order chi connectivity index (χ1) is 9.29. The van der Waals surface area contributed by atoms with Gasteiger partial charge in [-0.2, -0.15) is 5.10 Å². The zero-order valence-corrected chi connectivity index (χ0v) is 14.1. The maximum Gasteiger partial charge on any atom is 0.0779 e. The van der Waals surface area contributed by atoms with Crippen molar-refractivity contribution in [2.45, 2.75) is 66.2 Å². The number of nitrogens with one attached hydrogen (secondary N) is 1. The Morgan fingerprint density at radius 2 is 2.00 bits per heavy atom. The van der Waals surface area contributed by atoms with Crippen molar-refractivity contribution in [1.29, 1.82) is 0 Å². The van der Waals surface area contributed by atoms with Crippen LogP contribution >= 0.6 is 0 Å². The predicted octanol–water partition coefficient (Wildman–Crippen LogP) is 3.05. The molecule has 2 unspecified atom stereocenters. The lowest BCUT2D eigenvalue weighted by molar-refractivity contribution is -0.0342. The van der Waals surface area contributed by atoms with Crippen LogP contribution in [0, 0.1) is 5.41 Å². The number of likely N-dealkylation sites (N-methyl/N-ethyl adjacent to an activating group) is 1. The summed E-state index contributed by atoms with van der Waals surface area (Å²) in [5.74, 6) is 0. The molecule has 0 aromatic carbocycles. The van der Waals surface area contributed by atoms with Crippen molar-refractivity contribution < 1.29 is 4.74 Å². The minimum absolute atomic E-state index is 0.101. The van der Waals surface area contributed by atoms with Crippen molar-refractivity contribution in [3.63, 3.8) is 0 Å². The maximum atomic E-state index is 5.99. The summed E-state index contributed by atoms with van der Waals surface area (Å²) in [6.45, 7) is 13.8. The lowest BCUT2D eigenvalue weighted by Gasteiger charge is -2.36. The second kappa shape index (κ2) is 7.23. The van der Waals surface area contributed by atoms with Crippen LogP contribution in [0.2, 0.25) is 0 Å². The number of rotatable bonds is 7. The number of aromatic nitrogens is 2. The number of hydrogen-bond acceptors (Lipinski definition) is 3. The van der Waals surface area contributed by atoms with Gasteiger partial charge in [0, 0.05) is 31.3 Å².